The Morgan fingerprint density at radius 2 is 1.58 bits per heavy atom. The minimum atomic E-state index is 0.524. The van der Waals surface area contributed by atoms with Crippen LogP contribution in [0.1, 0.15) is 18.4 Å². The number of hydrogen-bond acceptors (Lipinski definition) is 8. The molecular formula is C23H29N7O. The zero-order chi connectivity index (χ0) is 21.5. The molecule has 8 nitrogen and oxygen atoms in total. The van der Waals surface area contributed by atoms with Gasteiger partial charge < -0.3 is 20.8 Å². The molecule has 0 radical (unpaired) electrons. The van der Waals surface area contributed by atoms with Gasteiger partial charge in [0.2, 0.25) is 5.95 Å². The fourth-order valence-electron chi connectivity index (χ4n) is 3.48. The third-order valence-corrected chi connectivity index (χ3v) is 5.27. The number of rotatable bonds is 9. The van der Waals surface area contributed by atoms with E-state index in [-0.39, 0.29) is 0 Å². The van der Waals surface area contributed by atoms with E-state index in [1.807, 2.05) is 55.5 Å². The van der Waals surface area contributed by atoms with Crippen molar-refractivity contribution < 1.29 is 4.74 Å². The van der Waals surface area contributed by atoms with Gasteiger partial charge in [-0.1, -0.05) is 0 Å². The van der Waals surface area contributed by atoms with E-state index in [1.54, 1.807) is 6.20 Å². The van der Waals surface area contributed by atoms with Crippen LogP contribution in [0.4, 0.5) is 28.8 Å². The minimum absolute atomic E-state index is 0.524. The Kier molecular flexibility index (Phi) is 6.81. The smallest absolute Gasteiger partial charge is 0.229 e. The van der Waals surface area contributed by atoms with Crippen molar-refractivity contribution in [3.8, 4) is 5.75 Å². The first-order valence-electron chi connectivity index (χ1n) is 10.6. The van der Waals surface area contributed by atoms with E-state index in [2.05, 4.69) is 30.9 Å². The van der Waals surface area contributed by atoms with Crippen LogP contribution in [0.5, 0.6) is 5.75 Å². The lowest BCUT2D eigenvalue weighted by Crippen LogP contribution is -2.25. The van der Waals surface area contributed by atoms with Crippen LogP contribution in [-0.4, -0.2) is 41.1 Å². The molecule has 8 heteroatoms. The van der Waals surface area contributed by atoms with Gasteiger partial charge in [0, 0.05) is 35.4 Å². The number of likely N-dealkylation sites (tertiary alicyclic amines) is 1. The Balaban J connectivity index is 1.34. The number of hydrazine groups is 1. The number of benzene rings is 2. The Morgan fingerprint density at radius 3 is 2.29 bits per heavy atom. The van der Waals surface area contributed by atoms with Crippen LogP contribution in [0.2, 0.25) is 0 Å². The normalized spacial score (nSPS) is 13.7. The zero-order valence-electron chi connectivity index (χ0n) is 17.8. The van der Waals surface area contributed by atoms with Crippen molar-refractivity contribution in [3.05, 3.63) is 60.3 Å². The molecule has 3 aromatic rings. The molecule has 0 saturated carbocycles. The van der Waals surface area contributed by atoms with Gasteiger partial charge in [-0.25, -0.2) is 4.98 Å². The van der Waals surface area contributed by atoms with Crippen LogP contribution in [0.25, 0.3) is 0 Å². The minimum Gasteiger partial charge on any atom is -0.492 e. The van der Waals surface area contributed by atoms with Crippen molar-refractivity contribution in [2.75, 3.05) is 42.3 Å². The van der Waals surface area contributed by atoms with Gasteiger partial charge in [0.15, 0.2) is 0 Å². The number of nitrogens with two attached hydrogens (primary N) is 1. The van der Waals surface area contributed by atoms with Gasteiger partial charge in [0.25, 0.3) is 0 Å². The number of nitrogens with one attached hydrogen (secondary N) is 3. The predicted octanol–water partition coefficient (Wildman–Crippen LogP) is 4.03. The maximum absolute atomic E-state index is 5.87. The summed E-state index contributed by atoms with van der Waals surface area (Å²) in [5.41, 5.74) is 6.24. The summed E-state index contributed by atoms with van der Waals surface area (Å²) in [6, 6.07) is 15.5. The van der Waals surface area contributed by atoms with E-state index in [1.165, 1.54) is 25.9 Å². The highest BCUT2D eigenvalue weighted by molar-refractivity contribution is 5.64. The van der Waals surface area contributed by atoms with E-state index in [0.717, 1.165) is 40.7 Å². The van der Waals surface area contributed by atoms with Gasteiger partial charge >= 0.3 is 0 Å². The summed E-state index contributed by atoms with van der Waals surface area (Å²) in [7, 11) is 0. The topological polar surface area (TPSA) is 100 Å². The van der Waals surface area contributed by atoms with Gasteiger partial charge in [-0.05, 0) is 81.4 Å². The largest absolute Gasteiger partial charge is 0.492 e. The highest BCUT2D eigenvalue weighted by Gasteiger charge is 2.11. The second-order valence-corrected chi connectivity index (χ2v) is 7.62. The van der Waals surface area contributed by atoms with Crippen LogP contribution in [0, 0.1) is 6.92 Å². The lowest BCUT2D eigenvalue weighted by molar-refractivity contribution is 0.238. The highest BCUT2D eigenvalue weighted by Crippen LogP contribution is 2.23. The van der Waals surface area contributed by atoms with Crippen molar-refractivity contribution in [1.82, 2.24) is 14.9 Å². The van der Waals surface area contributed by atoms with E-state index in [9.17, 15) is 0 Å². The summed E-state index contributed by atoms with van der Waals surface area (Å²) in [6.07, 6.45) is 4.40. The first-order chi connectivity index (χ1) is 15.2. The standard InChI is InChI=1S/C23H29N7O/c1-17-16-25-23(28-22(17)26-18-4-6-20(29-24)7-5-18)27-19-8-10-21(11-9-19)31-15-14-30-12-2-3-13-30/h4-11,16,29H,2-3,12-15,24H2,1H3,(H2,25,26,27,28). The van der Waals surface area contributed by atoms with Gasteiger partial charge in [0.1, 0.15) is 18.2 Å². The number of hydrogen-bond donors (Lipinski definition) is 4. The third kappa shape index (κ3) is 5.84. The molecular weight excluding hydrogens is 390 g/mol. The van der Waals surface area contributed by atoms with Crippen molar-refractivity contribution in [2.24, 2.45) is 5.84 Å². The van der Waals surface area contributed by atoms with Crippen molar-refractivity contribution in [3.63, 3.8) is 0 Å². The molecule has 2 heterocycles. The number of nitrogen functional groups attached to an aromatic ring is 1. The molecule has 1 fully saturated rings. The van der Waals surface area contributed by atoms with Crippen LogP contribution >= 0.6 is 0 Å². The lowest BCUT2D eigenvalue weighted by Gasteiger charge is -2.15. The zero-order valence-corrected chi connectivity index (χ0v) is 17.8. The second-order valence-electron chi connectivity index (χ2n) is 7.62. The fraction of sp³-hybridized carbons (Fsp3) is 0.304. The molecule has 1 saturated heterocycles. The Labute approximate surface area is 182 Å². The van der Waals surface area contributed by atoms with Crippen molar-refractivity contribution in [2.45, 2.75) is 19.8 Å². The third-order valence-electron chi connectivity index (χ3n) is 5.27. The van der Waals surface area contributed by atoms with Crippen molar-refractivity contribution in [1.29, 1.82) is 0 Å². The number of anilines is 5. The van der Waals surface area contributed by atoms with E-state index in [0.29, 0.717) is 12.6 Å². The quantitative estimate of drug-likeness (QED) is 0.305. The van der Waals surface area contributed by atoms with Gasteiger partial charge in [-0.2, -0.15) is 4.98 Å². The SMILES string of the molecule is Cc1cnc(Nc2ccc(OCCN3CCCC3)cc2)nc1Nc1ccc(NN)cc1. The molecule has 0 bridgehead atoms. The fourth-order valence-corrected chi connectivity index (χ4v) is 3.48. The molecule has 1 aliphatic heterocycles. The van der Waals surface area contributed by atoms with Crippen LogP contribution in [-0.2, 0) is 0 Å². The Bertz CT molecular complexity index is 970. The average Bonchev–Trinajstić information content (AvgIpc) is 3.31. The van der Waals surface area contributed by atoms with E-state index in [4.69, 9.17) is 10.6 Å². The van der Waals surface area contributed by atoms with Gasteiger partial charge in [-0.15, -0.1) is 0 Å². The number of ether oxygens (including phenoxy) is 1. The number of aryl methyl sites for hydroxylation is 1. The predicted molar refractivity (Wildman–Crippen MR) is 125 cm³/mol. The van der Waals surface area contributed by atoms with Crippen LogP contribution in [0.3, 0.4) is 0 Å². The maximum Gasteiger partial charge on any atom is 0.229 e. The first kappa shape index (κ1) is 20.9. The molecule has 162 valence electrons. The molecule has 31 heavy (non-hydrogen) atoms. The molecule has 1 aliphatic rings. The van der Waals surface area contributed by atoms with E-state index < -0.39 is 0 Å². The Hall–Kier alpha value is -3.36. The molecule has 0 aliphatic carbocycles. The molecule has 1 aromatic heterocycles. The average molecular weight is 420 g/mol. The summed E-state index contributed by atoms with van der Waals surface area (Å²) >= 11 is 0. The summed E-state index contributed by atoms with van der Waals surface area (Å²) in [6.45, 7) is 6.05. The maximum atomic E-state index is 5.87. The summed E-state index contributed by atoms with van der Waals surface area (Å²) < 4.78 is 5.87. The molecule has 2 aromatic carbocycles. The van der Waals surface area contributed by atoms with Crippen LogP contribution < -0.4 is 26.6 Å². The summed E-state index contributed by atoms with van der Waals surface area (Å²) in [5.74, 6) is 7.56. The number of aromatic nitrogens is 2. The van der Waals surface area contributed by atoms with E-state index >= 15 is 0 Å². The Morgan fingerprint density at radius 1 is 0.935 bits per heavy atom. The van der Waals surface area contributed by atoms with Gasteiger partial charge in [0.05, 0.1) is 0 Å². The molecule has 0 atom stereocenters. The molecule has 5 N–H and O–H groups in total. The van der Waals surface area contributed by atoms with Crippen molar-refractivity contribution >= 4 is 28.8 Å². The summed E-state index contributed by atoms with van der Waals surface area (Å²) in [4.78, 5) is 11.4. The van der Waals surface area contributed by atoms with Gasteiger partial charge in [-0.3, -0.25) is 10.7 Å². The molecule has 0 spiro atoms. The molecule has 4 rings (SSSR count). The lowest BCUT2D eigenvalue weighted by atomic mass is 10.2. The monoisotopic (exact) mass is 419 g/mol. The number of nitrogens with zero attached hydrogens (tertiary/aromatic N) is 3. The second kappa shape index (κ2) is 10.1. The first-order valence-corrected chi connectivity index (χ1v) is 10.6. The van der Waals surface area contributed by atoms with Crippen LogP contribution in [0.15, 0.2) is 54.7 Å². The molecule has 0 amide bonds. The summed E-state index contributed by atoms with van der Waals surface area (Å²) in [5, 5.41) is 6.57. The molecule has 0 unspecified atom stereocenters. The highest BCUT2D eigenvalue weighted by atomic mass is 16.5.